The summed E-state index contributed by atoms with van der Waals surface area (Å²) in [5.41, 5.74) is 1.01. The van der Waals surface area contributed by atoms with E-state index in [1.807, 2.05) is 6.07 Å². The molecular formula is C17H14N2O4. The van der Waals surface area contributed by atoms with Crippen molar-refractivity contribution < 1.29 is 18.7 Å². The van der Waals surface area contributed by atoms with Gasteiger partial charge in [-0.25, -0.2) is 4.79 Å². The van der Waals surface area contributed by atoms with Gasteiger partial charge in [-0.15, -0.1) is 0 Å². The van der Waals surface area contributed by atoms with Crippen molar-refractivity contribution in [1.29, 1.82) is 5.26 Å². The molecule has 6 heteroatoms. The van der Waals surface area contributed by atoms with Gasteiger partial charge in [0.1, 0.15) is 11.5 Å². The molecule has 1 N–H and O–H groups in total. The Balaban J connectivity index is 1.78. The molecule has 1 heterocycles. The van der Waals surface area contributed by atoms with Crippen molar-refractivity contribution >= 4 is 23.6 Å². The maximum Gasteiger partial charge on any atom is 0.331 e. The average molecular weight is 310 g/mol. The van der Waals surface area contributed by atoms with Crippen LogP contribution in [0.15, 0.2) is 46.9 Å². The lowest BCUT2D eigenvalue weighted by molar-refractivity contribution is -0.142. The van der Waals surface area contributed by atoms with Crippen molar-refractivity contribution in [2.45, 2.75) is 6.92 Å². The summed E-state index contributed by atoms with van der Waals surface area (Å²) in [6.45, 7) is 1.39. The zero-order valence-electron chi connectivity index (χ0n) is 12.4. The number of carbonyl (C=O) groups excluding carboxylic acids is 2. The first-order valence-corrected chi connectivity index (χ1v) is 6.78. The fraction of sp³-hybridized carbons (Fsp3) is 0.118. The van der Waals surface area contributed by atoms with Crippen LogP contribution >= 0.6 is 0 Å². The number of amides is 1. The highest BCUT2D eigenvalue weighted by molar-refractivity contribution is 5.94. The molecule has 1 aromatic carbocycles. The first-order valence-electron chi connectivity index (χ1n) is 6.78. The number of nitrogens with one attached hydrogen (secondary N) is 1. The van der Waals surface area contributed by atoms with Gasteiger partial charge in [0.2, 0.25) is 0 Å². The van der Waals surface area contributed by atoms with Crippen LogP contribution in [0.25, 0.3) is 6.08 Å². The Labute approximate surface area is 133 Å². The van der Waals surface area contributed by atoms with E-state index in [2.05, 4.69) is 5.32 Å². The fourth-order valence-corrected chi connectivity index (χ4v) is 1.70. The molecule has 0 saturated carbocycles. The molecule has 0 spiro atoms. The number of carbonyl (C=O) groups is 2. The van der Waals surface area contributed by atoms with Crippen molar-refractivity contribution in [3.63, 3.8) is 0 Å². The number of anilines is 1. The number of hydrogen-bond donors (Lipinski definition) is 1. The zero-order valence-corrected chi connectivity index (χ0v) is 12.4. The summed E-state index contributed by atoms with van der Waals surface area (Å²) >= 11 is 0. The number of esters is 1. The van der Waals surface area contributed by atoms with E-state index in [9.17, 15) is 9.59 Å². The molecule has 0 unspecified atom stereocenters. The predicted molar refractivity (Wildman–Crippen MR) is 83.2 cm³/mol. The second-order valence-electron chi connectivity index (χ2n) is 4.63. The van der Waals surface area contributed by atoms with Crippen LogP contribution in [0.4, 0.5) is 5.69 Å². The molecule has 0 saturated heterocycles. The highest BCUT2D eigenvalue weighted by Crippen LogP contribution is 2.09. The minimum Gasteiger partial charge on any atom is -0.462 e. The molecule has 0 aliphatic carbocycles. The lowest BCUT2D eigenvalue weighted by Gasteiger charge is -2.05. The van der Waals surface area contributed by atoms with Crippen molar-refractivity contribution in [1.82, 2.24) is 0 Å². The Kier molecular flexibility index (Phi) is 5.31. The third-order valence-corrected chi connectivity index (χ3v) is 2.79. The Bertz CT molecular complexity index is 767. The number of nitrogens with zero attached hydrogens (tertiary/aromatic N) is 1. The first kappa shape index (κ1) is 16.0. The molecule has 0 aliphatic heterocycles. The Morgan fingerprint density at radius 1 is 1.26 bits per heavy atom. The van der Waals surface area contributed by atoms with Crippen molar-refractivity contribution in [3.8, 4) is 6.07 Å². The molecule has 0 radical (unpaired) electrons. The molecule has 1 amide bonds. The average Bonchev–Trinajstić information content (AvgIpc) is 2.97. The highest BCUT2D eigenvalue weighted by atomic mass is 16.5. The summed E-state index contributed by atoms with van der Waals surface area (Å²) in [6, 6.07) is 11.8. The molecule has 2 aromatic rings. The smallest absolute Gasteiger partial charge is 0.331 e. The van der Waals surface area contributed by atoms with Crippen LogP contribution < -0.4 is 5.32 Å². The second-order valence-corrected chi connectivity index (χ2v) is 4.63. The summed E-state index contributed by atoms with van der Waals surface area (Å²) in [6.07, 6.45) is 2.65. The van der Waals surface area contributed by atoms with Gasteiger partial charge in [-0.3, -0.25) is 4.79 Å². The highest BCUT2D eigenvalue weighted by Gasteiger charge is 2.06. The molecule has 0 fully saturated rings. The molecule has 23 heavy (non-hydrogen) atoms. The van der Waals surface area contributed by atoms with Crippen LogP contribution in [-0.4, -0.2) is 18.5 Å². The van der Waals surface area contributed by atoms with Gasteiger partial charge in [0.05, 0.1) is 11.6 Å². The fourth-order valence-electron chi connectivity index (χ4n) is 1.70. The van der Waals surface area contributed by atoms with Gasteiger partial charge in [-0.1, -0.05) is 0 Å². The summed E-state index contributed by atoms with van der Waals surface area (Å²) in [5, 5.41) is 11.2. The molecule has 6 nitrogen and oxygen atoms in total. The Hall–Kier alpha value is -3.33. The largest absolute Gasteiger partial charge is 0.462 e. The number of furan rings is 1. The van der Waals surface area contributed by atoms with E-state index in [1.165, 1.54) is 12.2 Å². The standard InChI is InChI=1S/C17H14N2O4/c1-12-2-7-15(23-12)8-9-17(21)22-11-16(20)19-14-5-3-13(10-18)4-6-14/h2-9H,11H2,1H3,(H,19,20)/b9-8+. The van der Waals surface area contributed by atoms with Crippen LogP contribution in [0.3, 0.4) is 0 Å². The summed E-state index contributed by atoms with van der Waals surface area (Å²) < 4.78 is 10.1. The molecule has 0 bridgehead atoms. The van der Waals surface area contributed by atoms with E-state index >= 15 is 0 Å². The maximum absolute atomic E-state index is 11.7. The maximum atomic E-state index is 11.7. The number of rotatable bonds is 5. The minimum atomic E-state index is -0.644. The number of nitriles is 1. The summed E-state index contributed by atoms with van der Waals surface area (Å²) in [5.74, 6) is 0.153. The molecule has 116 valence electrons. The lowest BCUT2D eigenvalue weighted by atomic mass is 10.2. The van der Waals surface area contributed by atoms with Crippen LogP contribution in [-0.2, 0) is 14.3 Å². The van der Waals surface area contributed by atoms with Crippen molar-refractivity contribution in [3.05, 3.63) is 59.6 Å². The Morgan fingerprint density at radius 3 is 2.61 bits per heavy atom. The first-order chi connectivity index (χ1) is 11.1. The topological polar surface area (TPSA) is 92.3 Å². The SMILES string of the molecule is Cc1ccc(/C=C/C(=O)OCC(=O)Nc2ccc(C#N)cc2)o1. The van der Waals surface area contributed by atoms with Crippen LogP contribution in [0, 0.1) is 18.3 Å². The lowest BCUT2D eigenvalue weighted by Crippen LogP contribution is -2.20. The van der Waals surface area contributed by atoms with Gasteiger partial charge >= 0.3 is 5.97 Å². The second kappa shape index (κ2) is 7.61. The van der Waals surface area contributed by atoms with E-state index in [4.69, 9.17) is 14.4 Å². The molecule has 0 aliphatic rings. The number of ether oxygens (including phenoxy) is 1. The van der Waals surface area contributed by atoms with Gasteiger partial charge in [-0.05, 0) is 49.4 Å². The van der Waals surface area contributed by atoms with Crippen molar-refractivity contribution in [2.24, 2.45) is 0 Å². The number of hydrogen-bond acceptors (Lipinski definition) is 5. The van der Waals surface area contributed by atoms with Gasteiger partial charge in [0, 0.05) is 11.8 Å². The minimum absolute atomic E-state index is 0.402. The normalized spacial score (nSPS) is 10.3. The predicted octanol–water partition coefficient (Wildman–Crippen LogP) is 2.65. The number of aryl methyl sites for hydroxylation is 1. The molecule has 2 rings (SSSR count). The Morgan fingerprint density at radius 2 is 2.00 bits per heavy atom. The van der Waals surface area contributed by atoms with E-state index in [1.54, 1.807) is 43.3 Å². The van der Waals surface area contributed by atoms with E-state index < -0.39 is 18.5 Å². The monoisotopic (exact) mass is 310 g/mol. The van der Waals surface area contributed by atoms with Crippen LogP contribution in [0.5, 0.6) is 0 Å². The van der Waals surface area contributed by atoms with Crippen molar-refractivity contribution in [2.75, 3.05) is 11.9 Å². The van der Waals surface area contributed by atoms with Crippen LogP contribution in [0.2, 0.25) is 0 Å². The third-order valence-electron chi connectivity index (χ3n) is 2.79. The van der Waals surface area contributed by atoms with Gasteiger partial charge in [0.25, 0.3) is 5.91 Å². The number of benzene rings is 1. The van der Waals surface area contributed by atoms with Crippen LogP contribution in [0.1, 0.15) is 17.1 Å². The van der Waals surface area contributed by atoms with Gasteiger partial charge in [0.15, 0.2) is 6.61 Å². The molecule has 0 atom stereocenters. The third kappa shape index (κ3) is 5.17. The van der Waals surface area contributed by atoms with E-state index in [-0.39, 0.29) is 0 Å². The molecular weight excluding hydrogens is 296 g/mol. The van der Waals surface area contributed by atoms with E-state index in [0.29, 0.717) is 17.0 Å². The molecule has 1 aromatic heterocycles. The quantitative estimate of drug-likeness (QED) is 0.677. The summed E-state index contributed by atoms with van der Waals surface area (Å²) in [7, 11) is 0. The van der Waals surface area contributed by atoms with Gasteiger partial charge < -0.3 is 14.5 Å². The van der Waals surface area contributed by atoms with Gasteiger partial charge in [-0.2, -0.15) is 5.26 Å². The summed E-state index contributed by atoms with van der Waals surface area (Å²) in [4.78, 5) is 23.1. The zero-order chi connectivity index (χ0) is 16.7. The van der Waals surface area contributed by atoms with E-state index in [0.717, 1.165) is 5.76 Å².